The lowest BCUT2D eigenvalue weighted by Crippen LogP contribution is -2.40. The van der Waals surface area contributed by atoms with E-state index in [9.17, 15) is 9.59 Å². The molecule has 22 heavy (non-hydrogen) atoms. The first-order chi connectivity index (χ1) is 10.1. The van der Waals surface area contributed by atoms with Crippen LogP contribution in [0.2, 0.25) is 0 Å². The molecule has 0 spiro atoms. The number of hydrogen-bond donors (Lipinski definition) is 2. The van der Waals surface area contributed by atoms with Gasteiger partial charge in [0.05, 0.1) is 0 Å². The number of fused-ring (bicyclic) bond motifs is 1. The fraction of sp³-hybridized carbons (Fsp3) is 0.412. The van der Waals surface area contributed by atoms with E-state index in [1.54, 1.807) is 6.07 Å². The lowest BCUT2D eigenvalue weighted by atomic mass is 9.87. The highest BCUT2D eigenvalue weighted by Crippen LogP contribution is 2.26. The summed E-state index contributed by atoms with van der Waals surface area (Å²) in [5, 5.41) is 9.95. The Morgan fingerprint density at radius 1 is 1.23 bits per heavy atom. The van der Waals surface area contributed by atoms with Crippen molar-refractivity contribution in [3.8, 4) is 0 Å². The van der Waals surface area contributed by atoms with E-state index in [2.05, 4.69) is 25.8 Å². The van der Waals surface area contributed by atoms with Gasteiger partial charge in [-0.25, -0.2) is 4.79 Å². The van der Waals surface area contributed by atoms with Crippen molar-refractivity contribution in [3.05, 3.63) is 35.5 Å². The lowest BCUT2D eigenvalue weighted by Gasteiger charge is -2.20. The van der Waals surface area contributed by atoms with Gasteiger partial charge in [-0.1, -0.05) is 32.9 Å². The Bertz CT molecular complexity index is 725. The van der Waals surface area contributed by atoms with Crippen LogP contribution in [-0.2, 0) is 10.2 Å². The minimum atomic E-state index is -1.03. The first kappa shape index (κ1) is 16.1. The maximum atomic E-state index is 12.4. The topological polar surface area (TPSA) is 73.4 Å². The minimum absolute atomic E-state index is 0.0259. The highest BCUT2D eigenvalue weighted by Gasteiger charge is 2.24. The molecular formula is C17H22N2O3. The van der Waals surface area contributed by atoms with Gasteiger partial charge in [0.25, 0.3) is 5.91 Å². The van der Waals surface area contributed by atoms with Crippen LogP contribution in [0.3, 0.4) is 0 Å². The van der Waals surface area contributed by atoms with Gasteiger partial charge in [-0.15, -0.1) is 0 Å². The second-order valence-electron chi connectivity index (χ2n) is 6.67. The van der Waals surface area contributed by atoms with Crippen molar-refractivity contribution < 1.29 is 14.7 Å². The first-order valence-corrected chi connectivity index (χ1v) is 7.24. The van der Waals surface area contributed by atoms with Gasteiger partial charge in [0.2, 0.25) is 0 Å². The summed E-state index contributed by atoms with van der Waals surface area (Å²) in [5.74, 6) is -1.36. The van der Waals surface area contributed by atoms with E-state index < -0.39 is 12.0 Å². The summed E-state index contributed by atoms with van der Waals surface area (Å²) < 4.78 is 0. The summed E-state index contributed by atoms with van der Waals surface area (Å²) in [6.07, 6.45) is 0. The number of aliphatic carboxylic acids is 1. The Hall–Kier alpha value is -2.30. The van der Waals surface area contributed by atoms with Gasteiger partial charge < -0.3 is 15.0 Å². The van der Waals surface area contributed by atoms with Crippen molar-refractivity contribution in [1.29, 1.82) is 0 Å². The van der Waals surface area contributed by atoms with Gasteiger partial charge >= 0.3 is 5.97 Å². The van der Waals surface area contributed by atoms with Gasteiger partial charge in [0, 0.05) is 18.0 Å². The summed E-state index contributed by atoms with van der Waals surface area (Å²) in [5.41, 5.74) is 2.48. The van der Waals surface area contributed by atoms with Crippen molar-refractivity contribution in [2.45, 2.75) is 39.2 Å². The molecule has 1 aromatic carbocycles. The van der Waals surface area contributed by atoms with E-state index in [0.717, 1.165) is 10.9 Å². The molecule has 1 amide bonds. The number of carbonyl (C=O) groups excluding carboxylic acids is 1. The van der Waals surface area contributed by atoms with Gasteiger partial charge in [0.1, 0.15) is 11.7 Å². The second-order valence-corrected chi connectivity index (χ2v) is 6.67. The van der Waals surface area contributed by atoms with Gasteiger partial charge in [-0.2, -0.15) is 0 Å². The number of nitrogens with one attached hydrogen (secondary N) is 1. The van der Waals surface area contributed by atoms with Crippen molar-refractivity contribution in [3.63, 3.8) is 0 Å². The minimum Gasteiger partial charge on any atom is -0.480 e. The molecule has 0 aliphatic rings. The molecule has 0 fully saturated rings. The number of rotatable bonds is 3. The third-order valence-corrected chi connectivity index (χ3v) is 3.98. The molecule has 0 radical (unpaired) electrons. The Kier molecular flexibility index (Phi) is 4.00. The molecular weight excluding hydrogens is 280 g/mol. The molecule has 0 bridgehead atoms. The SMILES string of the molecule is CC(C(=O)O)N(C)C(=O)c1cc2ccc(C(C)(C)C)cc2[nH]1. The zero-order valence-electron chi connectivity index (χ0n) is 13.6. The fourth-order valence-corrected chi connectivity index (χ4v) is 2.24. The summed E-state index contributed by atoms with van der Waals surface area (Å²) in [7, 11) is 1.49. The molecule has 1 atom stereocenters. The normalized spacial score (nSPS) is 13.1. The first-order valence-electron chi connectivity index (χ1n) is 7.24. The number of nitrogens with zero attached hydrogens (tertiary/aromatic N) is 1. The summed E-state index contributed by atoms with van der Waals surface area (Å²) in [6, 6.07) is 6.95. The van der Waals surface area contributed by atoms with Crippen LogP contribution >= 0.6 is 0 Å². The molecule has 5 nitrogen and oxygen atoms in total. The molecule has 2 N–H and O–H groups in total. The van der Waals surface area contributed by atoms with E-state index in [1.165, 1.54) is 24.4 Å². The second kappa shape index (κ2) is 5.48. The molecule has 1 heterocycles. The van der Waals surface area contributed by atoms with E-state index in [-0.39, 0.29) is 11.3 Å². The number of benzene rings is 1. The number of aromatic amines is 1. The molecule has 0 saturated heterocycles. The predicted molar refractivity (Wildman–Crippen MR) is 86.2 cm³/mol. The lowest BCUT2D eigenvalue weighted by molar-refractivity contribution is -0.141. The van der Waals surface area contributed by atoms with Crippen LogP contribution in [0.5, 0.6) is 0 Å². The number of amides is 1. The molecule has 0 saturated carbocycles. The van der Waals surface area contributed by atoms with Crippen molar-refractivity contribution in [2.75, 3.05) is 7.05 Å². The third kappa shape index (κ3) is 2.98. The Morgan fingerprint density at radius 3 is 2.41 bits per heavy atom. The van der Waals surface area contributed by atoms with E-state index in [4.69, 9.17) is 5.11 Å². The zero-order chi connectivity index (χ0) is 16.7. The molecule has 1 aromatic heterocycles. The Balaban J connectivity index is 2.37. The Morgan fingerprint density at radius 2 is 1.86 bits per heavy atom. The van der Waals surface area contributed by atoms with E-state index in [1.807, 2.05) is 18.2 Å². The maximum absolute atomic E-state index is 12.4. The number of likely N-dealkylation sites (N-methyl/N-ethyl adjacent to an activating group) is 1. The van der Waals surface area contributed by atoms with Crippen molar-refractivity contribution in [1.82, 2.24) is 9.88 Å². The molecule has 0 aliphatic heterocycles. The quantitative estimate of drug-likeness (QED) is 0.915. The van der Waals surface area contributed by atoms with Crippen molar-refractivity contribution >= 4 is 22.8 Å². The van der Waals surface area contributed by atoms with Crippen LogP contribution in [0.15, 0.2) is 24.3 Å². The molecule has 2 aromatic rings. The number of carboxylic acid groups (broad SMARTS) is 1. The van der Waals surface area contributed by atoms with Crippen LogP contribution in [0.4, 0.5) is 0 Å². The van der Waals surface area contributed by atoms with Gasteiger partial charge in [-0.05, 0) is 30.0 Å². The van der Waals surface area contributed by atoms with E-state index in [0.29, 0.717) is 5.69 Å². The number of H-pyrrole nitrogens is 1. The summed E-state index contributed by atoms with van der Waals surface area (Å²) in [6.45, 7) is 7.88. The van der Waals surface area contributed by atoms with Crippen LogP contribution in [0, 0.1) is 0 Å². The highest BCUT2D eigenvalue weighted by atomic mass is 16.4. The summed E-state index contributed by atoms with van der Waals surface area (Å²) >= 11 is 0. The monoisotopic (exact) mass is 302 g/mol. The molecule has 5 heteroatoms. The standard InChI is InChI=1S/C17H22N2O3/c1-10(16(21)22)19(5)15(20)14-8-11-6-7-12(17(2,3)4)9-13(11)18-14/h6-10,18H,1-5H3,(H,21,22). The maximum Gasteiger partial charge on any atom is 0.326 e. The van der Waals surface area contributed by atoms with E-state index >= 15 is 0 Å². The van der Waals surface area contributed by atoms with Crippen LogP contribution in [0.25, 0.3) is 10.9 Å². The number of hydrogen-bond acceptors (Lipinski definition) is 2. The smallest absolute Gasteiger partial charge is 0.326 e. The zero-order valence-corrected chi connectivity index (χ0v) is 13.6. The molecule has 118 valence electrons. The van der Waals surface area contributed by atoms with Crippen LogP contribution in [0.1, 0.15) is 43.7 Å². The predicted octanol–water partition coefficient (Wildman–Crippen LogP) is 3.01. The van der Waals surface area contributed by atoms with Gasteiger partial charge in [-0.3, -0.25) is 4.79 Å². The summed E-state index contributed by atoms with van der Waals surface area (Å²) in [4.78, 5) is 27.7. The molecule has 0 aliphatic carbocycles. The average Bonchev–Trinajstić information content (AvgIpc) is 2.86. The van der Waals surface area contributed by atoms with Crippen molar-refractivity contribution in [2.24, 2.45) is 0 Å². The van der Waals surface area contributed by atoms with Crippen LogP contribution in [-0.4, -0.2) is 40.0 Å². The van der Waals surface area contributed by atoms with Gasteiger partial charge in [0.15, 0.2) is 0 Å². The molecule has 1 unspecified atom stereocenters. The fourth-order valence-electron chi connectivity index (χ4n) is 2.24. The Labute approximate surface area is 129 Å². The average molecular weight is 302 g/mol. The number of aromatic nitrogens is 1. The highest BCUT2D eigenvalue weighted by molar-refractivity contribution is 5.99. The largest absolute Gasteiger partial charge is 0.480 e. The number of carboxylic acids is 1. The molecule has 2 rings (SSSR count). The third-order valence-electron chi connectivity index (χ3n) is 3.98. The number of carbonyl (C=O) groups is 2. The van der Waals surface area contributed by atoms with Crippen LogP contribution < -0.4 is 0 Å².